The van der Waals surface area contributed by atoms with E-state index in [4.69, 9.17) is 9.47 Å². The van der Waals surface area contributed by atoms with E-state index in [1.54, 1.807) is 0 Å². The van der Waals surface area contributed by atoms with Gasteiger partial charge in [0.15, 0.2) is 6.29 Å². The largest absolute Gasteiger partial charge is 0.339 e. The molecule has 18 heavy (non-hydrogen) atoms. The van der Waals surface area contributed by atoms with Crippen LogP contribution < -0.4 is 0 Å². The minimum atomic E-state index is -0.273. The molecule has 1 saturated heterocycles. The Hall–Kier alpha value is -0.860. The van der Waals surface area contributed by atoms with Gasteiger partial charge in [-0.15, -0.1) is 0 Å². The van der Waals surface area contributed by atoms with Crippen molar-refractivity contribution >= 4 is 0 Å². The van der Waals surface area contributed by atoms with Crippen molar-refractivity contribution in [2.45, 2.75) is 66.0 Å². The normalized spacial score (nSPS) is 22.4. The van der Waals surface area contributed by atoms with Gasteiger partial charge in [0.05, 0.1) is 11.2 Å². The first kappa shape index (κ1) is 13.6. The third kappa shape index (κ3) is 2.08. The van der Waals surface area contributed by atoms with Gasteiger partial charge < -0.3 is 9.47 Å². The fraction of sp³-hybridized carbons (Fsp3) is 0.625. The second-order valence-corrected chi connectivity index (χ2v) is 6.37. The lowest BCUT2D eigenvalue weighted by atomic mass is 9.90. The Balaban J connectivity index is 2.36. The van der Waals surface area contributed by atoms with Crippen LogP contribution in [0, 0.1) is 20.8 Å². The molecular weight excluding hydrogens is 224 g/mol. The van der Waals surface area contributed by atoms with Gasteiger partial charge in [0.1, 0.15) is 0 Å². The predicted octanol–water partition coefficient (Wildman–Crippen LogP) is 4.21. The average Bonchev–Trinajstić information content (AvgIpc) is 2.44. The molecular formula is C16H24O2. The van der Waals surface area contributed by atoms with Gasteiger partial charge in [0.2, 0.25) is 0 Å². The third-order valence-corrected chi connectivity index (χ3v) is 4.47. The van der Waals surface area contributed by atoms with E-state index in [1.807, 2.05) is 0 Å². The average molecular weight is 248 g/mol. The molecule has 1 aromatic rings. The Morgan fingerprint density at radius 3 is 1.61 bits per heavy atom. The van der Waals surface area contributed by atoms with Gasteiger partial charge >= 0.3 is 0 Å². The zero-order valence-electron chi connectivity index (χ0n) is 12.5. The van der Waals surface area contributed by atoms with Crippen LogP contribution in [0.15, 0.2) is 12.1 Å². The molecule has 0 atom stereocenters. The lowest BCUT2D eigenvalue weighted by Gasteiger charge is -2.30. The molecule has 1 aliphatic heterocycles. The summed E-state index contributed by atoms with van der Waals surface area (Å²) in [5.41, 5.74) is 4.50. The van der Waals surface area contributed by atoms with E-state index >= 15 is 0 Å². The number of aryl methyl sites for hydroxylation is 2. The van der Waals surface area contributed by atoms with Crippen molar-refractivity contribution in [1.82, 2.24) is 0 Å². The summed E-state index contributed by atoms with van der Waals surface area (Å²) >= 11 is 0. The maximum atomic E-state index is 6.08. The van der Waals surface area contributed by atoms with Crippen molar-refractivity contribution in [2.24, 2.45) is 0 Å². The van der Waals surface area contributed by atoms with Crippen LogP contribution in [0.5, 0.6) is 0 Å². The van der Waals surface area contributed by atoms with Crippen LogP contribution in [0.2, 0.25) is 0 Å². The summed E-state index contributed by atoms with van der Waals surface area (Å²) in [6.07, 6.45) is -0.256. The number of benzene rings is 1. The number of hydrogen-bond donors (Lipinski definition) is 0. The Kier molecular flexibility index (Phi) is 3.07. The van der Waals surface area contributed by atoms with Crippen LogP contribution in [0.25, 0.3) is 0 Å². The van der Waals surface area contributed by atoms with Crippen LogP contribution >= 0.6 is 0 Å². The van der Waals surface area contributed by atoms with E-state index in [0.717, 1.165) is 5.56 Å². The standard InChI is InChI=1S/C16H24O2/c1-10-8-13(9-11(2)12(10)3)14-17-15(4,5)16(6,7)18-14/h8-9,14H,1-7H3. The van der Waals surface area contributed by atoms with Crippen LogP contribution in [0.4, 0.5) is 0 Å². The summed E-state index contributed by atoms with van der Waals surface area (Å²) in [4.78, 5) is 0. The smallest absolute Gasteiger partial charge is 0.185 e. The molecule has 1 fully saturated rings. The van der Waals surface area contributed by atoms with Crippen LogP contribution in [0.1, 0.15) is 56.2 Å². The second kappa shape index (κ2) is 4.07. The molecule has 1 heterocycles. The Morgan fingerprint density at radius 2 is 1.22 bits per heavy atom. The van der Waals surface area contributed by atoms with Crippen molar-refractivity contribution in [1.29, 1.82) is 0 Å². The van der Waals surface area contributed by atoms with Crippen molar-refractivity contribution in [3.05, 3.63) is 34.4 Å². The van der Waals surface area contributed by atoms with Gasteiger partial charge in [-0.2, -0.15) is 0 Å². The summed E-state index contributed by atoms with van der Waals surface area (Å²) in [5.74, 6) is 0. The highest BCUT2D eigenvalue weighted by Crippen LogP contribution is 2.45. The fourth-order valence-corrected chi connectivity index (χ4v) is 2.18. The highest BCUT2D eigenvalue weighted by molar-refractivity contribution is 5.37. The number of hydrogen-bond acceptors (Lipinski definition) is 2. The molecule has 2 rings (SSSR count). The topological polar surface area (TPSA) is 18.5 Å². The number of rotatable bonds is 1. The van der Waals surface area contributed by atoms with E-state index in [1.165, 1.54) is 16.7 Å². The van der Waals surface area contributed by atoms with Crippen molar-refractivity contribution in [2.75, 3.05) is 0 Å². The van der Waals surface area contributed by atoms with Gasteiger partial charge in [0, 0.05) is 5.56 Å². The fourth-order valence-electron chi connectivity index (χ4n) is 2.18. The van der Waals surface area contributed by atoms with Crippen molar-refractivity contribution < 1.29 is 9.47 Å². The van der Waals surface area contributed by atoms with E-state index in [-0.39, 0.29) is 17.5 Å². The highest BCUT2D eigenvalue weighted by Gasteiger charge is 2.49. The van der Waals surface area contributed by atoms with Gasteiger partial charge in [-0.05, 0) is 65.2 Å². The third-order valence-electron chi connectivity index (χ3n) is 4.47. The molecule has 0 saturated carbocycles. The zero-order chi connectivity index (χ0) is 13.7. The first-order chi connectivity index (χ1) is 8.14. The molecule has 0 bridgehead atoms. The Labute approximate surface area is 110 Å². The highest BCUT2D eigenvalue weighted by atomic mass is 16.7. The Morgan fingerprint density at radius 1 is 0.833 bits per heavy atom. The van der Waals surface area contributed by atoms with E-state index in [9.17, 15) is 0 Å². The van der Waals surface area contributed by atoms with Crippen LogP contribution in [0.3, 0.4) is 0 Å². The van der Waals surface area contributed by atoms with Gasteiger partial charge in [0.25, 0.3) is 0 Å². The molecule has 0 N–H and O–H groups in total. The van der Waals surface area contributed by atoms with E-state index < -0.39 is 0 Å². The van der Waals surface area contributed by atoms with Crippen LogP contribution in [-0.4, -0.2) is 11.2 Å². The monoisotopic (exact) mass is 248 g/mol. The SMILES string of the molecule is Cc1cc(C2OC(C)(C)C(C)(C)O2)cc(C)c1C. The lowest BCUT2D eigenvalue weighted by Crippen LogP contribution is -2.41. The number of ether oxygens (including phenoxy) is 2. The lowest BCUT2D eigenvalue weighted by molar-refractivity contribution is -0.0896. The minimum Gasteiger partial charge on any atom is -0.339 e. The first-order valence-corrected chi connectivity index (χ1v) is 6.57. The van der Waals surface area contributed by atoms with Crippen molar-refractivity contribution in [3.8, 4) is 0 Å². The molecule has 2 heteroatoms. The molecule has 0 radical (unpaired) electrons. The Bertz CT molecular complexity index is 433. The molecule has 1 aromatic carbocycles. The maximum absolute atomic E-state index is 6.08. The summed E-state index contributed by atoms with van der Waals surface area (Å²) in [7, 11) is 0. The van der Waals surface area contributed by atoms with E-state index in [0.29, 0.717) is 0 Å². The minimum absolute atomic E-state index is 0.256. The van der Waals surface area contributed by atoms with Crippen LogP contribution in [-0.2, 0) is 9.47 Å². The molecule has 0 aromatic heterocycles. The summed E-state index contributed by atoms with van der Waals surface area (Å²) in [6.45, 7) is 14.8. The second-order valence-electron chi connectivity index (χ2n) is 6.37. The quantitative estimate of drug-likeness (QED) is 0.741. The molecule has 1 aliphatic rings. The van der Waals surface area contributed by atoms with Crippen molar-refractivity contribution in [3.63, 3.8) is 0 Å². The molecule has 0 spiro atoms. The molecule has 2 nitrogen and oxygen atoms in total. The summed E-state index contributed by atoms with van der Waals surface area (Å²) in [5, 5.41) is 0. The molecule has 0 aliphatic carbocycles. The first-order valence-electron chi connectivity index (χ1n) is 6.57. The maximum Gasteiger partial charge on any atom is 0.185 e. The van der Waals surface area contributed by atoms with Gasteiger partial charge in [-0.3, -0.25) is 0 Å². The predicted molar refractivity (Wildman–Crippen MR) is 73.7 cm³/mol. The van der Waals surface area contributed by atoms with Gasteiger partial charge in [-0.1, -0.05) is 12.1 Å². The summed E-state index contributed by atoms with van der Waals surface area (Å²) in [6, 6.07) is 4.34. The zero-order valence-corrected chi connectivity index (χ0v) is 12.5. The van der Waals surface area contributed by atoms with Gasteiger partial charge in [-0.25, -0.2) is 0 Å². The molecule has 100 valence electrons. The summed E-state index contributed by atoms with van der Waals surface area (Å²) < 4.78 is 12.2. The molecule has 0 unspecified atom stereocenters. The van der Waals surface area contributed by atoms with E-state index in [2.05, 4.69) is 60.6 Å². The molecule has 0 amide bonds.